The van der Waals surface area contributed by atoms with Crippen molar-refractivity contribution in [1.29, 1.82) is 0 Å². The van der Waals surface area contributed by atoms with Gasteiger partial charge < -0.3 is 14.8 Å². The molecule has 0 spiro atoms. The summed E-state index contributed by atoms with van der Waals surface area (Å²) >= 11 is 5.96. The quantitative estimate of drug-likeness (QED) is 0.853. The largest absolute Gasteiger partial charge is 0.489 e. The SMILES string of the molecule is Clc1ccccc1OCC1CNCCO1. The number of halogens is 1. The minimum Gasteiger partial charge on any atom is -0.489 e. The van der Waals surface area contributed by atoms with Crippen molar-refractivity contribution in [1.82, 2.24) is 5.32 Å². The molecule has 3 nitrogen and oxygen atoms in total. The molecule has 4 heteroatoms. The maximum atomic E-state index is 5.96. The number of morpholine rings is 1. The van der Waals surface area contributed by atoms with Crippen LogP contribution in [0, 0.1) is 0 Å². The van der Waals surface area contributed by atoms with Crippen LogP contribution in [0.5, 0.6) is 5.75 Å². The molecule has 1 N–H and O–H groups in total. The van der Waals surface area contributed by atoms with Crippen molar-refractivity contribution in [3.63, 3.8) is 0 Å². The Morgan fingerprint density at radius 3 is 3.07 bits per heavy atom. The standard InChI is InChI=1S/C11H14ClNO2/c12-10-3-1-2-4-11(10)15-8-9-7-13-5-6-14-9/h1-4,9,13H,5-8H2. The molecule has 1 heterocycles. The molecule has 1 fully saturated rings. The minimum absolute atomic E-state index is 0.120. The number of nitrogens with one attached hydrogen (secondary N) is 1. The number of hydrogen-bond acceptors (Lipinski definition) is 3. The van der Waals surface area contributed by atoms with Gasteiger partial charge in [0.1, 0.15) is 18.5 Å². The lowest BCUT2D eigenvalue weighted by molar-refractivity contribution is 0.000218. The van der Waals surface area contributed by atoms with E-state index in [4.69, 9.17) is 21.1 Å². The predicted octanol–water partition coefficient (Wildman–Crippen LogP) is 1.71. The molecule has 1 unspecified atom stereocenters. The Bertz CT molecular complexity index is 313. The molecular weight excluding hydrogens is 214 g/mol. The Balaban J connectivity index is 1.84. The Hall–Kier alpha value is -0.770. The fourth-order valence-electron chi connectivity index (χ4n) is 1.47. The van der Waals surface area contributed by atoms with Crippen LogP contribution in [0.3, 0.4) is 0 Å². The van der Waals surface area contributed by atoms with Crippen molar-refractivity contribution >= 4 is 11.6 Å². The summed E-state index contributed by atoms with van der Waals surface area (Å²) in [5.74, 6) is 0.716. The highest BCUT2D eigenvalue weighted by molar-refractivity contribution is 6.32. The van der Waals surface area contributed by atoms with Gasteiger partial charge in [-0.2, -0.15) is 0 Å². The molecule has 1 atom stereocenters. The molecule has 0 amide bonds. The average Bonchev–Trinajstić information content (AvgIpc) is 2.29. The summed E-state index contributed by atoms with van der Waals surface area (Å²) in [6, 6.07) is 7.46. The van der Waals surface area contributed by atoms with Crippen molar-refractivity contribution in [2.45, 2.75) is 6.10 Å². The molecule has 0 aromatic heterocycles. The molecule has 0 radical (unpaired) electrons. The van der Waals surface area contributed by atoms with Crippen molar-refractivity contribution in [2.75, 3.05) is 26.3 Å². The third-order valence-corrected chi connectivity index (χ3v) is 2.58. The first-order valence-electron chi connectivity index (χ1n) is 5.06. The number of rotatable bonds is 3. The van der Waals surface area contributed by atoms with Crippen LogP contribution in [0.1, 0.15) is 0 Å². The lowest BCUT2D eigenvalue weighted by Crippen LogP contribution is -2.41. The molecule has 1 aromatic carbocycles. The Morgan fingerprint density at radius 2 is 2.33 bits per heavy atom. The van der Waals surface area contributed by atoms with Crippen molar-refractivity contribution < 1.29 is 9.47 Å². The number of ether oxygens (including phenoxy) is 2. The van der Waals surface area contributed by atoms with Gasteiger partial charge in [0.25, 0.3) is 0 Å². The third kappa shape index (κ3) is 3.09. The average molecular weight is 228 g/mol. The summed E-state index contributed by atoms with van der Waals surface area (Å²) in [6.45, 7) is 3.04. The maximum Gasteiger partial charge on any atom is 0.138 e. The highest BCUT2D eigenvalue weighted by Gasteiger charge is 2.14. The molecule has 1 aliphatic rings. The second-order valence-corrected chi connectivity index (χ2v) is 3.85. The Morgan fingerprint density at radius 1 is 1.47 bits per heavy atom. The van der Waals surface area contributed by atoms with E-state index in [1.807, 2.05) is 24.3 Å². The van der Waals surface area contributed by atoms with E-state index in [9.17, 15) is 0 Å². The molecule has 2 rings (SSSR count). The molecule has 1 aromatic rings. The molecule has 0 aliphatic carbocycles. The lowest BCUT2D eigenvalue weighted by atomic mass is 10.3. The highest BCUT2D eigenvalue weighted by atomic mass is 35.5. The van der Waals surface area contributed by atoms with Crippen molar-refractivity contribution in [3.8, 4) is 5.75 Å². The zero-order chi connectivity index (χ0) is 10.5. The van der Waals surface area contributed by atoms with Gasteiger partial charge in [0, 0.05) is 13.1 Å². The highest BCUT2D eigenvalue weighted by Crippen LogP contribution is 2.23. The van der Waals surface area contributed by atoms with Crippen molar-refractivity contribution in [3.05, 3.63) is 29.3 Å². The Labute approximate surface area is 94.3 Å². The van der Waals surface area contributed by atoms with Crippen LogP contribution in [0.25, 0.3) is 0 Å². The summed E-state index contributed by atoms with van der Waals surface area (Å²) in [6.07, 6.45) is 0.120. The van der Waals surface area contributed by atoms with Crippen LogP contribution in [-0.4, -0.2) is 32.4 Å². The molecule has 15 heavy (non-hydrogen) atoms. The molecule has 82 valence electrons. The fraction of sp³-hybridized carbons (Fsp3) is 0.455. The van der Waals surface area contributed by atoms with Crippen LogP contribution in [0.15, 0.2) is 24.3 Å². The van der Waals surface area contributed by atoms with Gasteiger partial charge in [-0.15, -0.1) is 0 Å². The summed E-state index contributed by atoms with van der Waals surface area (Å²) in [5.41, 5.74) is 0. The van der Waals surface area contributed by atoms with Crippen LogP contribution in [0.4, 0.5) is 0 Å². The number of para-hydroxylation sites is 1. The first-order chi connectivity index (χ1) is 7.36. The maximum absolute atomic E-state index is 5.96. The van der Waals surface area contributed by atoms with Gasteiger partial charge in [0.15, 0.2) is 0 Å². The first-order valence-corrected chi connectivity index (χ1v) is 5.44. The normalized spacial score (nSPS) is 21.3. The van der Waals surface area contributed by atoms with Gasteiger partial charge in [-0.3, -0.25) is 0 Å². The predicted molar refractivity (Wildman–Crippen MR) is 59.6 cm³/mol. The smallest absolute Gasteiger partial charge is 0.138 e. The molecule has 0 saturated carbocycles. The molecule has 1 saturated heterocycles. The van der Waals surface area contributed by atoms with Gasteiger partial charge in [0.05, 0.1) is 11.6 Å². The van der Waals surface area contributed by atoms with Crippen LogP contribution < -0.4 is 10.1 Å². The summed E-state index contributed by atoms with van der Waals surface area (Å²) < 4.78 is 11.1. The van der Waals surface area contributed by atoms with Gasteiger partial charge in [0.2, 0.25) is 0 Å². The van der Waals surface area contributed by atoms with Gasteiger partial charge >= 0.3 is 0 Å². The first kappa shape index (κ1) is 10.7. The number of hydrogen-bond donors (Lipinski definition) is 1. The summed E-state index contributed by atoms with van der Waals surface area (Å²) in [4.78, 5) is 0. The summed E-state index contributed by atoms with van der Waals surface area (Å²) in [7, 11) is 0. The third-order valence-electron chi connectivity index (χ3n) is 2.27. The van der Waals surface area contributed by atoms with E-state index >= 15 is 0 Å². The van der Waals surface area contributed by atoms with Crippen LogP contribution in [-0.2, 0) is 4.74 Å². The second kappa shape index (κ2) is 5.35. The van der Waals surface area contributed by atoms with E-state index < -0.39 is 0 Å². The van der Waals surface area contributed by atoms with E-state index in [0.717, 1.165) is 19.7 Å². The van der Waals surface area contributed by atoms with Crippen LogP contribution in [0.2, 0.25) is 5.02 Å². The topological polar surface area (TPSA) is 30.5 Å². The van der Waals surface area contributed by atoms with E-state index in [0.29, 0.717) is 17.4 Å². The second-order valence-electron chi connectivity index (χ2n) is 3.44. The molecule has 0 bridgehead atoms. The zero-order valence-electron chi connectivity index (χ0n) is 8.41. The monoisotopic (exact) mass is 227 g/mol. The zero-order valence-corrected chi connectivity index (χ0v) is 9.17. The fourth-order valence-corrected chi connectivity index (χ4v) is 1.66. The summed E-state index contributed by atoms with van der Waals surface area (Å²) in [5, 5.41) is 3.89. The van der Waals surface area contributed by atoms with E-state index in [2.05, 4.69) is 5.32 Å². The van der Waals surface area contributed by atoms with E-state index in [-0.39, 0.29) is 6.10 Å². The van der Waals surface area contributed by atoms with Crippen LogP contribution >= 0.6 is 11.6 Å². The van der Waals surface area contributed by atoms with E-state index in [1.54, 1.807) is 0 Å². The Kier molecular flexibility index (Phi) is 3.83. The molecular formula is C11H14ClNO2. The lowest BCUT2D eigenvalue weighted by Gasteiger charge is -2.23. The van der Waals surface area contributed by atoms with Gasteiger partial charge in [-0.25, -0.2) is 0 Å². The van der Waals surface area contributed by atoms with Gasteiger partial charge in [-0.05, 0) is 12.1 Å². The van der Waals surface area contributed by atoms with E-state index in [1.165, 1.54) is 0 Å². The molecule has 1 aliphatic heterocycles. The van der Waals surface area contributed by atoms with Crippen molar-refractivity contribution in [2.24, 2.45) is 0 Å². The van der Waals surface area contributed by atoms with Gasteiger partial charge in [-0.1, -0.05) is 23.7 Å². The minimum atomic E-state index is 0.120. The number of benzene rings is 1.